The maximum absolute atomic E-state index is 14.9. The number of benzene rings is 2. The Bertz CT molecular complexity index is 889. The van der Waals surface area contributed by atoms with Crippen LogP contribution in [0.4, 0.5) is 4.39 Å². The summed E-state index contributed by atoms with van der Waals surface area (Å²) in [6.07, 6.45) is -0.521. The van der Waals surface area contributed by atoms with Crippen LogP contribution in [-0.2, 0) is 14.5 Å². The molecule has 1 N–H and O–H groups in total. The highest BCUT2D eigenvalue weighted by Gasteiger charge is 2.52. The average molecular weight is 451 g/mol. The summed E-state index contributed by atoms with van der Waals surface area (Å²) >= 11 is 0. The Hall–Kier alpha value is -1.54. The summed E-state index contributed by atoms with van der Waals surface area (Å²) in [4.78, 5) is 0. The van der Waals surface area contributed by atoms with Crippen molar-refractivity contribution in [3.63, 3.8) is 0 Å². The van der Waals surface area contributed by atoms with Gasteiger partial charge in [0, 0.05) is 18.4 Å². The number of rotatable bonds is 6. The van der Waals surface area contributed by atoms with Gasteiger partial charge in [-0.1, -0.05) is 81.4 Å². The van der Waals surface area contributed by atoms with E-state index in [2.05, 4.69) is 45.0 Å². The summed E-state index contributed by atoms with van der Waals surface area (Å²) in [5.41, 5.74) is 0. The van der Waals surface area contributed by atoms with E-state index < -0.39 is 36.3 Å². The third-order valence-electron chi connectivity index (χ3n) is 6.04. The summed E-state index contributed by atoms with van der Waals surface area (Å²) in [7, 11) is -6.96. The summed E-state index contributed by atoms with van der Waals surface area (Å²) in [5.74, 6) is -1.21. The molecule has 1 aliphatic rings. The fourth-order valence-corrected chi connectivity index (χ4v) is 10.3. The molecule has 2 aromatic carbocycles. The highest BCUT2D eigenvalue weighted by Crippen LogP contribution is 2.40. The SMILES string of the molecule is CC(C)(C)[Si](O[C@@H]1CC[C@@H](CS(=O)(=O)O)[C@@H](F)C1)(c1ccccc1)c1ccccc1. The van der Waals surface area contributed by atoms with Gasteiger partial charge in [0.1, 0.15) is 6.17 Å². The standard InChI is InChI=1S/C23H31FO4SSi/c1-23(2,3)30(20-10-6-4-7-11-20,21-12-8-5-9-13-21)28-19-15-14-18(22(24)16-19)17-29(25,26)27/h4-13,18-19,22H,14-17H2,1-3H3,(H,25,26,27)/t18-,19+,22-/m0/s1. The lowest BCUT2D eigenvalue weighted by molar-refractivity contribution is 0.0642. The second kappa shape index (κ2) is 8.90. The van der Waals surface area contributed by atoms with Crippen LogP contribution in [0.15, 0.2) is 60.7 Å². The van der Waals surface area contributed by atoms with Gasteiger partial charge in [-0.05, 0) is 28.3 Å². The highest BCUT2D eigenvalue weighted by atomic mass is 32.2. The Balaban J connectivity index is 1.97. The molecule has 30 heavy (non-hydrogen) atoms. The lowest BCUT2D eigenvalue weighted by Crippen LogP contribution is -2.68. The molecule has 1 aliphatic carbocycles. The zero-order valence-corrected chi connectivity index (χ0v) is 19.6. The Labute approximate surface area is 180 Å². The Morgan fingerprint density at radius 1 is 1.00 bits per heavy atom. The van der Waals surface area contributed by atoms with E-state index in [4.69, 9.17) is 8.98 Å². The van der Waals surface area contributed by atoms with E-state index in [1.807, 2.05) is 36.4 Å². The molecule has 0 radical (unpaired) electrons. The second-order valence-corrected chi connectivity index (χ2v) is 15.0. The summed E-state index contributed by atoms with van der Waals surface area (Å²) in [6, 6.07) is 20.4. The number of hydrogen-bond acceptors (Lipinski definition) is 3. The lowest BCUT2D eigenvalue weighted by Gasteiger charge is -2.46. The van der Waals surface area contributed by atoms with Crippen LogP contribution in [0, 0.1) is 5.92 Å². The molecular weight excluding hydrogens is 419 g/mol. The van der Waals surface area contributed by atoms with Gasteiger partial charge in [0.05, 0.1) is 5.75 Å². The van der Waals surface area contributed by atoms with Crippen molar-refractivity contribution in [3.8, 4) is 0 Å². The minimum atomic E-state index is -4.19. The van der Waals surface area contributed by atoms with E-state index in [9.17, 15) is 12.8 Å². The highest BCUT2D eigenvalue weighted by molar-refractivity contribution is 7.85. The first-order valence-corrected chi connectivity index (χ1v) is 13.9. The zero-order chi connectivity index (χ0) is 22.0. The monoisotopic (exact) mass is 450 g/mol. The van der Waals surface area contributed by atoms with Crippen LogP contribution < -0.4 is 10.4 Å². The maximum atomic E-state index is 14.9. The zero-order valence-electron chi connectivity index (χ0n) is 17.8. The minimum Gasteiger partial charge on any atom is -0.404 e. The smallest absolute Gasteiger partial charge is 0.265 e. The molecule has 0 heterocycles. The topological polar surface area (TPSA) is 63.6 Å². The van der Waals surface area contributed by atoms with Gasteiger partial charge < -0.3 is 4.43 Å². The third-order valence-corrected chi connectivity index (χ3v) is 12.0. The predicted octanol–water partition coefficient (Wildman–Crippen LogP) is 3.96. The molecule has 3 atom stereocenters. The van der Waals surface area contributed by atoms with Gasteiger partial charge in [-0.15, -0.1) is 0 Å². The van der Waals surface area contributed by atoms with Crippen LogP contribution in [0.5, 0.6) is 0 Å². The van der Waals surface area contributed by atoms with E-state index in [1.54, 1.807) is 0 Å². The van der Waals surface area contributed by atoms with Crippen LogP contribution in [0.3, 0.4) is 0 Å². The molecule has 4 nitrogen and oxygen atoms in total. The van der Waals surface area contributed by atoms with Crippen molar-refractivity contribution in [3.05, 3.63) is 60.7 Å². The number of halogens is 1. The second-order valence-electron chi connectivity index (χ2n) is 9.24. The van der Waals surface area contributed by atoms with E-state index in [-0.39, 0.29) is 17.6 Å². The summed E-state index contributed by atoms with van der Waals surface area (Å²) in [5, 5.41) is 2.07. The van der Waals surface area contributed by atoms with E-state index in [0.717, 1.165) is 10.4 Å². The lowest BCUT2D eigenvalue weighted by atomic mass is 9.87. The van der Waals surface area contributed by atoms with Crippen molar-refractivity contribution in [2.75, 3.05) is 5.75 Å². The molecule has 0 aliphatic heterocycles. The van der Waals surface area contributed by atoms with E-state index in [1.165, 1.54) is 0 Å². The third kappa shape index (κ3) is 5.02. The molecule has 2 aromatic rings. The van der Waals surface area contributed by atoms with Crippen molar-refractivity contribution < 1.29 is 21.8 Å². The Morgan fingerprint density at radius 3 is 1.90 bits per heavy atom. The van der Waals surface area contributed by atoms with Crippen molar-refractivity contribution in [1.82, 2.24) is 0 Å². The molecule has 0 unspecified atom stereocenters. The van der Waals surface area contributed by atoms with Crippen LogP contribution in [-0.4, -0.2) is 39.3 Å². The van der Waals surface area contributed by atoms with Crippen molar-refractivity contribution in [1.29, 1.82) is 0 Å². The first-order valence-electron chi connectivity index (χ1n) is 10.4. The molecule has 0 aromatic heterocycles. The van der Waals surface area contributed by atoms with E-state index in [0.29, 0.717) is 12.8 Å². The van der Waals surface area contributed by atoms with E-state index >= 15 is 0 Å². The van der Waals surface area contributed by atoms with Crippen LogP contribution in [0.1, 0.15) is 40.0 Å². The normalized spacial score (nSPS) is 23.3. The summed E-state index contributed by atoms with van der Waals surface area (Å²) < 4.78 is 53.4. The first-order chi connectivity index (χ1) is 14.0. The van der Waals surface area contributed by atoms with Gasteiger partial charge >= 0.3 is 0 Å². The predicted molar refractivity (Wildman–Crippen MR) is 121 cm³/mol. The number of hydrogen-bond donors (Lipinski definition) is 1. The quantitative estimate of drug-likeness (QED) is 0.535. The van der Waals surface area contributed by atoms with Crippen molar-refractivity contribution in [2.45, 2.75) is 57.3 Å². The van der Waals surface area contributed by atoms with Gasteiger partial charge in [0.15, 0.2) is 0 Å². The van der Waals surface area contributed by atoms with Crippen LogP contribution in [0.25, 0.3) is 0 Å². The molecule has 1 saturated carbocycles. The number of alkyl halides is 1. The fraction of sp³-hybridized carbons (Fsp3) is 0.478. The molecule has 164 valence electrons. The van der Waals surface area contributed by atoms with Gasteiger partial charge in [0.2, 0.25) is 0 Å². The molecular formula is C23H31FO4SSi. The van der Waals surface area contributed by atoms with Crippen LogP contribution in [0.2, 0.25) is 5.04 Å². The molecule has 0 saturated heterocycles. The summed E-state index contributed by atoms with van der Waals surface area (Å²) in [6.45, 7) is 6.53. The minimum absolute atomic E-state index is 0.144. The maximum Gasteiger partial charge on any atom is 0.265 e. The average Bonchev–Trinajstić information content (AvgIpc) is 2.67. The van der Waals surface area contributed by atoms with Gasteiger partial charge in [-0.2, -0.15) is 8.42 Å². The molecule has 7 heteroatoms. The first kappa shape index (κ1) is 23.1. The Kier molecular flexibility index (Phi) is 6.86. The van der Waals surface area contributed by atoms with Crippen LogP contribution >= 0.6 is 0 Å². The molecule has 1 fully saturated rings. The fourth-order valence-electron chi connectivity index (χ4n) is 4.65. The molecule has 3 rings (SSSR count). The Morgan fingerprint density at radius 2 is 1.50 bits per heavy atom. The van der Waals surface area contributed by atoms with Gasteiger partial charge in [0.25, 0.3) is 18.4 Å². The van der Waals surface area contributed by atoms with Gasteiger partial charge in [-0.25, -0.2) is 4.39 Å². The molecule has 0 spiro atoms. The van der Waals surface area contributed by atoms with Crippen molar-refractivity contribution in [2.24, 2.45) is 5.92 Å². The largest absolute Gasteiger partial charge is 0.404 e. The van der Waals surface area contributed by atoms with Crippen molar-refractivity contribution >= 4 is 28.8 Å². The molecule has 0 amide bonds. The molecule has 0 bridgehead atoms. The van der Waals surface area contributed by atoms with Gasteiger partial charge in [-0.3, -0.25) is 4.55 Å².